The molecular formula is C26H37N5O3. The van der Waals surface area contributed by atoms with Gasteiger partial charge in [-0.3, -0.25) is 0 Å². The number of nitrogens with zero attached hydrogens (tertiary/aromatic N) is 3. The van der Waals surface area contributed by atoms with Gasteiger partial charge in [-0.2, -0.15) is 0 Å². The molecule has 1 aliphatic heterocycles. The third kappa shape index (κ3) is 6.84. The molecule has 2 fully saturated rings. The molecule has 1 aromatic heterocycles. The molecule has 2 aromatic rings. The normalized spacial score (nSPS) is 19.4. The fourth-order valence-electron chi connectivity index (χ4n) is 4.66. The molecule has 1 unspecified atom stereocenters. The number of anilines is 3. The van der Waals surface area contributed by atoms with E-state index in [9.17, 15) is 9.90 Å². The van der Waals surface area contributed by atoms with Crippen LogP contribution in [-0.2, 0) is 0 Å². The van der Waals surface area contributed by atoms with Gasteiger partial charge >= 0.3 is 6.03 Å². The van der Waals surface area contributed by atoms with Crippen molar-refractivity contribution in [2.45, 2.75) is 63.7 Å². The zero-order valence-corrected chi connectivity index (χ0v) is 20.2. The first kappa shape index (κ1) is 24.3. The van der Waals surface area contributed by atoms with Crippen LogP contribution in [0.5, 0.6) is 5.88 Å². The Kier molecular flexibility index (Phi) is 8.24. The number of aliphatic hydroxyl groups excluding tert-OH is 1. The molecule has 3 N–H and O–H groups in total. The molecule has 2 aliphatic rings. The van der Waals surface area contributed by atoms with Crippen LogP contribution in [0.2, 0.25) is 0 Å². The standard InChI is InChI=1S/C26H37N5O3/c1-19(32)13-15-30(2)23-14-16-31(18-23)22-10-7-20(8-11-22)28-26(33)29-21-9-12-25(27-17-21)34-24-5-3-4-6-24/h7-12,17,19,23-24,32H,3-6,13-16,18H2,1-2H3,(H2,28,29,33)/t19-,23?/m1/s1. The van der Waals surface area contributed by atoms with Gasteiger partial charge in [0.2, 0.25) is 5.88 Å². The first-order valence-electron chi connectivity index (χ1n) is 12.4. The van der Waals surface area contributed by atoms with Gasteiger partial charge in [0, 0.05) is 43.1 Å². The maximum absolute atomic E-state index is 12.4. The quantitative estimate of drug-likeness (QED) is 0.509. The number of amides is 2. The van der Waals surface area contributed by atoms with E-state index in [1.165, 1.54) is 12.8 Å². The van der Waals surface area contributed by atoms with E-state index in [0.29, 0.717) is 17.6 Å². The van der Waals surface area contributed by atoms with Crippen molar-refractivity contribution in [1.82, 2.24) is 9.88 Å². The third-order valence-corrected chi connectivity index (χ3v) is 6.76. The average molecular weight is 468 g/mol. The molecule has 184 valence electrons. The Balaban J connectivity index is 1.23. The molecule has 1 saturated heterocycles. The SMILES string of the molecule is C[C@@H](O)CCN(C)C1CCN(c2ccc(NC(=O)Nc3ccc(OC4CCCC4)nc3)cc2)C1. The summed E-state index contributed by atoms with van der Waals surface area (Å²) in [4.78, 5) is 21.4. The lowest BCUT2D eigenvalue weighted by molar-refractivity contribution is 0.153. The van der Waals surface area contributed by atoms with Crippen molar-refractivity contribution in [3.63, 3.8) is 0 Å². The molecule has 2 heterocycles. The van der Waals surface area contributed by atoms with Crippen molar-refractivity contribution in [2.24, 2.45) is 0 Å². The Morgan fingerprint density at radius 2 is 1.85 bits per heavy atom. The number of pyridine rings is 1. The fraction of sp³-hybridized carbons (Fsp3) is 0.538. The number of aliphatic hydroxyl groups is 1. The Bertz CT molecular complexity index is 913. The average Bonchev–Trinajstić information content (AvgIpc) is 3.52. The highest BCUT2D eigenvalue weighted by Crippen LogP contribution is 2.25. The first-order chi connectivity index (χ1) is 16.5. The van der Waals surface area contributed by atoms with Crippen molar-refractivity contribution in [3.8, 4) is 5.88 Å². The Morgan fingerprint density at radius 3 is 2.53 bits per heavy atom. The number of urea groups is 1. The predicted molar refractivity (Wildman–Crippen MR) is 136 cm³/mol. The molecule has 2 atom stereocenters. The number of carbonyl (C=O) groups excluding carboxylic acids is 1. The predicted octanol–water partition coefficient (Wildman–Crippen LogP) is 4.33. The van der Waals surface area contributed by atoms with Crippen molar-refractivity contribution in [3.05, 3.63) is 42.6 Å². The van der Waals surface area contributed by atoms with Crippen LogP contribution in [0.25, 0.3) is 0 Å². The molecule has 4 rings (SSSR count). The molecule has 0 radical (unpaired) electrons. The minimum absolute atomic E-state index is 0.261. The van der Waals surface area contributed by atoms with Gasteiger partial charge in [0.15, 0.2) is 0 Å². The monoisotopic (exact) mass is 467 g/mol. The summed E-state index contributed by atoms with van der Waals surface area (Å²) in [5.74, 6) is 0.603. The number of likely N-dealkylation sites (N-methyl/N-ethyl adjacent to an activating group) is 1. The second-order valence-electron chi connectivity index (χ2n) is 9.54. The molecular weight excluding hydrogens is 430 g/mol. The van der Waals surface area contributed by atoms with E-state index in [4.69, 9.17) is 4.74 Å². The second-order valence-corrected chi connectivity index (χ2v) is 9.54. The highest BCUT2D eigenvalue weighted by Gasteiger charge is 2.26. The Morgan fingerprint density at radius 1 is 1.15 bits per heavy atom. The van der Waals surface area contributed by atoms with Gasteiger partial charge in [-0.05, 0) is 82.8 Å². The molecule has 34 heavy (non-hydrogen) atoms. The van der Waals surface area contributed by atoms with E-state index in [0.717, 1.165) is 56.7 Å². The van der Waals surface area contributed by atoms with Gasteiger partial charge in [0.1, 0.15) is 6.10 Å². The van der Waals surface area contributed by atoms with Crippen molar-refractivity contribution >= 4 is 23.1 Å². The van der Waals surface area contributed by atoms with Gasteiger partial charge in [-0.15, -0.1) is 0 Å². The summed E-state index contributed by atoms with van der Waals surface area (Å²) in [6.07, 6.45) is 8.13. The molecule has 8 nitrogen and oxygen atoms in total. The van der Waals surface area contributed by atoms with Gasteiger partial charge in [0.05, 0.1) is 18.0 Å². The lowest BCUT2D eigenvalue weighted by Crippen LogP contribution is -2.36. The van der Waals surface area contributed by atoms with Crippen LogP contribution in [0.15, 0.2) is 42.6 Å². The number of hydrogen-bond acceptors (Lipinski definition) is 6. The molecule has 2 amide bonds. The van der Waals surface area contributed by atoms with Crippen LogP contribution < -0.4 is 20.3 Å². The zero-order chi connectivity index (χ0) is 23.9. The second kappa shape index (κ2) is 11.5. The van der Waals surface area contributed by atoms with Gasteiger partial charge in [-0.25, -0.2) is 9.78 Å². The van der Waals surface area contributed by atoms with E-state index in [1.54, 1.807) is 12.3 Å². The third-order valence-electron chi connectivity index (χ3n) is 6.76. The number of hydrogen-bond donors (Lipinski definition) is 3. The summed E-state index contributed by atoms with van der Waals surface area (Å²) in [7, 11) is 2.13. The summed E-state index contributed by atoms with van der Waals surface area (Å²) >= 11 is 0. The van der Waals surface area contributed by atoms with Crippen LogP contribution in [-0.4, -0.2) is 66.0 Å². The molecule has 0 spiro atoms. The van der Waals surface area contributed by atoms with Crippen LogP contribution in [0.3, 0.4) is 0 Å². The van der Waals surface area contributed by atoms with Gasteiger partial charge < -0.3 is 30.3 Å². The lowest BCUT2D eigenvalue weighted by Gasteiger charge is -2.25. The fourth-order valence-corrected chi connectivity index (χ4v) is 4.66. The molecule has 1 aliphatic carbocycles. The van der Waals surface area contributed by atoms with E-state index in [1.807, 2.05) is 37.3 Å². The first-order valence-corrected chi connectivity index (χ1v) is 12.4. The maximum Gasteiger partial charge on any atom is 0.323 e. The minimum Gasteiger partial charge on any atom is -0.474 e. The number of ether oxygens (including phenoxy) is 1. The summed E-state index contributed by atoms with van der Waals surface area (Å²) in [5, 5.41) is 15.2. The van der Waals surface area contributed by atoms with Crippen molar-refractivity contribution in [2.75, 3.05) is 42.2 Å². The molecule has 8 heteroatoms. The zero-order valence-electron chi connectivity index (χ0n) is 20.2. The minimum atomic E-state index is -0.306. The van der Waals surface area contributed by atoms with Crippen LogP contribution in [0, 0.1) is 0 Å². The van der Waals surface area contributed by atoms with E-state index in [-0.39, 0.29) is 18.2 Å². The largest absolute Gasteiger partial charge is 0.474 e. The Labute approximate surface area is 202 Å². The smallest absolute Gasteiger partial charge is 0.323 e. The number of nitrogens with one attached hydrogen (secondary N) is 2. The molecule has 1 aromatic carbocycles. The summed E-state index contributed by atoms with van der Waals surface area (Å²) < 4.78 is 5.87. The van der Waals surface area contributed by atoms with Crippen LogP contribution in [0.1, 0.15) is 45.4 Å². The lowest BCUT2D eigenvalue weighted by atomic mass is 10.2. The molecule has 0 bridgehead atoms. The highest BCUT2D eigenvalue weighted by atomic mass is 16.5. The maximum atomic E-state index is 12.4. The van der Waals surface area contributed by atoms with Gasteiger partial charge in [-0.1, -0.05) is 0 Å². The van der Waals surface area contributed by atoms with E-state index >= 15 is 0 Å². The number of rotatable bonds is 9. The summed E-state index contributed by atoms with van der Waals surface area (Å²) in [6, 6.07) is 11.7. The van der Waals surface area contributed by atoms with Crippen LogP contribution >= 0.6 is 0 Å². The van der Waals surface area contributed by atoms with Crippen LogP contribution in [0.4, 0.5) is 21.9 Å². The van der Waals surface area contributed by atoms with Crippen molar-refractivity contribution in [1.29, 1.82) is 0 Å². The summed E-state index contributed by atoms with van der Waals surface area (Å²) in [5.41, 5.74) is 2.51. The molecule has 1 saturated carbocycles. The summed E-state index contributed by atoms with van der Waals surface area (Å²) in [6.45, 7) is 4.71. The number of carbonyl (C=O) groups is 1. The number of aromatic nitrogens is 1. The topological polar surface area (TPSA) is 90.0 Å². The Hall–Kier alpha value is -2.84. The van der Waals surface area contributed by atoms with E-state index < -0.39 is 0 Å². The number of benzene rings is 1. The van der Waals surface area contributed by atoms with Gasteiger partial charge in [0.25, 0.3) is 0 Å². The van der Waals surface area contributed by atoms with E-state index in [2.05, 4.69) is 32.5 Å². The highest BCUT2D eigenvalue weighted by molar-refractivity contribution is 5.99. The van der Waals surface area contributed by atoms with Crippen molar-refractivity contribution < 1.29 is 14.6 Å².